The molecule has 1 saturated heterocycles. The minimum atomic E-state index is -0.635. The van der Waals surface area contributed by atoms with Crippen LogP contribution in [0.3, 0.4) is 0 Å². The molecule has 3 rings (SSSR count). The van der Waals surface area contributed by atoms with Crippen LogP contribution in [0.2, 0.25) is 5.02 Å². The summed E-state index contributed by atoms with van der Waals surface area (Å²) in [5.41, 5.74) is 6.68. The van der Waals surface area contributed by atoms with Crippen LogP contribution >= 0.6 is 36.4 Å². The molecule has 1 unspecified atom stereocenters. The normalized spacial score (nSPS) is 22.2. The molecule has 2 aliphatic rings. The van der Waals surface area contributed by atoms with Crippen LogP contribution in [0.5, 0.6) is 0 Å². The number of amides is 1. The van der Waals surface area contributed by atoms with Gasteiger partial charge in [0.1, 0.15) is 0 Å². The van der Waals surface area contributed by atoms with Crippen molar-refractivity contribution < 1.29 is 4.79 Å². The summed E-state index contributed by atoms with van der Waals surface area (Å²) in [5, 5.41) is 3.88. The van der Waals surface area contributed by atoms with Crippen molar-refractivity contribution in [1.82, 2.24) is 5.32 Å². The molecule has 1 heterocycles. The van der Waals surface area contributed by atoms with Gasteiger partial charge in [0.2, 0.25) is 5.91 Å². The Balaban J connectivity index is 0.00000132. The highest BCUT2D eigenvalue weighted by atomic mass is 35.5. The van der Waals surface area contributed by atoms with Gasteiger partial charge in [-0.2, -0.15) is 0 Å². The first-order chi connectivity index (χ1) is 10.1. The van der Waals surface area contributed by atoms with E-state index < -0.39 is 5.54 Å². The van der Waals surface area contributed by atoms with Gasteiger partial charge >= 0.3 is 0 Å². The standard InChI is InChI=1S/C16H22ClN3O.2ClH/c17-12-4-3-5-14(10-12)20-9-6-13(11-20)19-15(21)16(18)7-1-2-8-16;;/h3-5,10,13H,1-2,6-9,11,18H2,(H,19,21);2*1H. The highest BCUT2D eigenvalue weighted by Crippen LogP contribution is 2.28. The zero-order valence-corrected chi connectivity index (χ0v) is 15.4. The third-order valence-corrected chi connectivity index (χ3v) is 4.88. The van der Waals surface area contributed by atoms with Gasteiger partial charge < -0.3 is 16.0 Å². The maximum absolute atomic E-state index is 12.3. The fraction of sp³-hybridized carbons (Fsp3) is 0.562. The van der Waals surface area contributed by atoms with Gasteiger partial charge in [0.15, 0.2) is 0 Å². The highest BCUT2D eigenvalue weighted by Gasteiger charge is 2.38. The van der Waals surface area contributed by atoms with Crippen LogP contribution in [0, 0.1) is 0 Å². The molecule has 23 heavy (non-hydrogen) atoms. The largest absolute Gasteiger partial charge is 0.369 e. The zero-order chi connectivity index (χ0) is 14.9. The Morgan fingerprint density at radius 3 is 2.65 bits per heavy atom. The molecular weight excluding hydrogens is 357 g/mol. The summed E-state index contributed by atoms with van der Waals surface area (Å²) >= 11 is 6.04. The second-order valence-electron chi connectivity index (χ2n) is 6.25. The number of rotatable bonds is 3. The van der Waals surface area contributed by atoms with Gasteiger partial charge in [-0.25, -0.2) is 0 Å². The molecule has 0 bridgehead atoms. The smallest absolute Gasteiger partial charge is 0.240 e. The predicted octanol–water partition coefficient (Wildman–Crippen LogP) is 3.15. The number of carbonyl (C=O) groups is 1. The maximum Gasteiger partial charge on any atom is 0.240 e. The monoisotopic (exact) mass is 379 g/mol. The second kappa shape index (κ2) is 8.43. The van der Waals surface area contributed by atoms with Crippen molar-refractivity contribution in [2.45, 2.75) is 43.7 Å². The summed E-state index contributed by atoms with van der Waals surface area (Å²) in [6.45, 7) is 1.75. The van der Waals surface area contributed by atoms with Crippen molar-refractivity contribution in [3.05, 3.63) is 29.3 Å². The number of hydrogen-bond acceptors (Lipinski definition) is 3. The van der Waals surface area contributed by atoms with Crippen molar-refractivity contribution in [3.8, 4) is 0 Å². The van der Waals surface area contributed by atoms with Gasteiger partial charge in [-0.1, -0.05) is 30.5 Å². The number of carbonyl (C=O) groups excluding carboxylic acids is 1. The summed E-state index contributed by atoms with van der Waals surface area (Å²) in [5.74, 6) is 0.0259. The summed E-state index contributed by atoms with van der Waals surface area (Å²) in [6, 6.07) is 8.03. The van der Waals surface area contributed by atoms with E-state index in [9.17, 15) is 4.79 Å². The third kappa shape index (κ3) is 4.66. The number of nitrogens with two attached hydrogens (primary N) is 1. The Morgan fingerprint density at radius 2 is 2.00 bits per heavy atom. The first-order valence-corrected chi connectivity index (χ1v) is 8.05. The predicted molar refractivity (Wildman–Crippen MR) is 100 cm³/mol. The third-order valence-electron chi connectivity index (χ3n) is 4.64. The maximum atomic E-state index is 12.3. The highest BCUT2D eigenvalue weighted by molar-refractivity contribution is 6.30. The Bertz CT molecular complexity index is 535. The van der Waals surface area contributed by atoms with Gasteiger partial charge in [0.05, 0.1) is 5.54 Å². The molecule has 0 aromatic heterocycles. The lowest BCUT2D eigenvalue weighted by Gasteiger charge is -2.25. The Morgan fingerprint density at radius 1 is 1.30 bits per heavy atom. The van der Waals surface area contributed by atoms with E-state index in [2.05, 4.69) is 16.3 Å². The number of benzene rings is 1. The van der Waals surface area contributed by atoms with E-state index in [-0.39, 0.29) is 36.8 Å². The first-order valence-electron chi connectivity index (χ1n) is 7.67. The van der Waals surface area contributed by atoms with E-state index in [1.165, 1.54) is 0 Å². The van der Waals surface area contributed by atoms with Gasteiger partial charge in [-0.05, 0) is 37.5 Å². The van der Waals surface area contributed by atoms with Crippen molar-refractivity contribution in [1.29, 1.82) is 0 Å². The molecule has 1 aromatic carbocycles. The Labute approximate surface area is 154 Å². The van der Waals surface area contributed by atoms with Crippen molar-refractivity contribution in [2.24, 2.45) is 5.73 Å². The fourth-order valence-corrected chi connectivity index (χ4v) is 3.53. The molecule has 1 aromatic rings. The number of nitrogens with zero attached hydrogens (tertiary/aromatic N) is 1. The average molecular weight is 381 g/mol. The molecule has 1 aliphatic carbocycles. The average Bonchev–Trinajstić information content (AvgIpc) is 3.09. The van der Waals surface area contributed by atoms with Crippen LogP contribution in [0.25, 0.3) is 0 Å². The van der Waals surface area contributed by atoms with E-state index in [1.807, 2.05) is 18.2 Å². The molecule has 1 atom stereocenters. The van der Waals surface area contributed by atoms with Crippen molar-refractivity contribution in [2.75, 3.05) is 18.0 Å². The lowest BCUT2D eigenvalue weighted by molar-refractivity contribution is -0.126. The number of nitrogens with one attached hydrogen (secondary N) is 1. The first kappa shape index (κ1) is 20.4. The van der Waals surface area contributed by atoms with E-state index in [0.717, 1.165) is 55.9 Å². The molecule has 130 valence electrons. The second-order valence-corrected chi connectivity index (χ2v) is 6.68. The number of halogens is 3. The summed E-state index contributed by atoms with van der Waals surface area (Å²) in [6.07, 6.45) is 4.69. The summed E-state index contributed by atoms with van der Waals surface area (Å²) < 4.78 is 0. The lowest BCUT2D eigenvalue weighted by atomic mass is 9.97. The Hall–Kier alpha value is -0.680. The van der Waals surface area contributed by atoms with Crippen LogP contribution in [0.1, 0.15) is 32.1 Å². The van der Waals surface area contributed by atoms with E-state index in [1.54, 1.807) is 0 Å². The minimum Gasteiger partial charge on any atom is -0.369 e. The SMILES string of the molecule is Cl.Cl.NC1(C(=O)NC2CCN(c3cccc(Cl)c3)C2)CCCC1. The number of anilines is 1. The molecule has 7 heteroatoms. The molecule has 1 aliphatic heterocycles. The quantitative estimate of drug-likeness (QED) is 0.847. The number of hydrogen-bond donors (Lipinski definition) is 2. The van der Waals surface area contributed by atoms with Crippen LogP contribution in [0.15, 0.2) is 24.3 Å². The summed E-state index contributed by atoms with van der Waals surface area (Å²) in [4.78, 5) is 14.6. The van der Waals surface area contributed by atoms with Crippen LogP contribution < -0.4 is 16.0 Å². The van der Waals surface area contributed by atoms with Crippen molar-refractivity contribution >= 4 is 48.0 Å². The molecular formula is C16H24Cl3N3O. The van der Waals surface area contributed by atoms with Gasteiger partial charge in [-0.3, -0.25) is 4.79 Å². The van der Waals surface area contributed by atoms with Gasteiger partial charge in [0, 0.05) is 29.8 Å². The minimum absolute atomic E-state index is 0. The molecule has 4 nitrogen and oxygen atoms in total. The van der Waals surface area contributed by atoms with Crippen molar-refractivity contribution in [3.63, 3.8) is 0 Å². The summed E-state index contributed by atoms with van der Waals surface area (Å²) in [7, 11) is 0. The Kier molecular flexibility index (Phi) is 7.46. The molecule has 3 N–H and O–H groups in total. The molecule has 0 radical (unpaired) electrons. The molecule has 1 amide bonds. The van der Waals surface area contributed by atoms with Crippen LogP contribution in [-0.4, -0.2) is 30.6 Å². The zero-order valence-electron chi connectivity index (χ0n) is 13.0. The van der Waals surface area contributed by atoms with Crippen LogP contribution in [-0.2, 0) is 4.79 Å². The van der Waals surface area contributed by atoms with E-state index >= 15 is 0 Å². The molecule has 0 spiro atoms. The van der Waals surface area contributed by atoms with Gasteiger partial charge in [-0.15, -0.1) is 24.8 Å². The van der Waals surface area contributed by atoms with E-state index in [4.69, 9.17) is 17.3 Å². The fourth-order valence-electron chi connectivity index (χ4n) is 3.35. The topological polar surface area (TPSA) is 58.4 Å². The molecule has 1 saturated carbocycles. The molecule has 2 fully saturated rings. The van der Waals surface area contributed by atoms with E-state index in [0.29, 0.717) is 0 Å². The van der Waals surface area contributed by atoms with Gasteiger partial charge in [0.25, 0.3) is 0 Å². The lowest BCUT2D eigenvalue weighted by Crippen LogP contribution is -2.54. The van der Waals surface area contributed by atoms with Crippen LogP contribution in [0.4, 0.5) is 5.69 Å².